The minimum absolute atomic E-state index is 0.0378. The summed E-state index contributed by atoms with van der Waals surface area (Å²) in [5, 5.41) is 14.9. The number of hydrogen-bond donors (Lipinski definition) is 3. The Morgan fingerprint density at radius 3 is 1.98 bits per heavy atom. The lowest BCUT2D eigenvalue weighted by Crippen LogP contribution is -2.45. The SMILES string of the molecule is C=CCOC(=O)N[C@@H](Cc1cc(OC(C)C)c(OC(C)C)c(-c2cc(C[C@H](NC(=O)OC(C)(C)C)C(=O)OC)ccc2OC)c1)C(=O)O. The zero-order chi connectivity index (χ0) is 36.2. The van der Waals surface area contributed by atoms with Crippen LogP contribution in [-0.4, -0.2) is 80.0 Å². The molecule has 0 aromatic heterocycles. The van der Waals surface area contributed by atoms with Crippen molar-refractivity contribution in [2.75, 3.05) is 20.8 Å². The van der Waals surface area contributed by atoms with Gasteiger partial charge < -0.3 is 44.2 Å². The topological polar surface area (TPSA) is 168 Å². The number of carbonyl (C=O) groups is 4. The summed E-state index contributed by atoms with van der Waals surface area (Å²) in [5.74, 6) is -0.784. The summed E-state index contributed by atoms with van der Waals surface area (Å²) in [4.78, 5) is 49.7. The van der Waals surface area contributed by atoms with Crippen molar-refractivity contribution in [3.8, 4) is 28.4 Å². The summed E-state index contributed by atoms with van der Waals surface area (Å²) < 4.78 is 33.4. The molecule has 0 saturated heterocycles. The van der Waals surface area contributed by atoms with E-state index in [1.54, 1.807) is 51.1 Å². The number of rotatable bonds is 16. The molecule has 0 aliphatic carbocycles. The number of nitrogens with one attached hydrogen (secondary N) is 2. The number of ether oxygens (including phenoxy) is 6. The summed E-state index contributed by atoms with van der Waals surface area (Å²) in [6.45, 7) is 15.9. The monoisotopic (exact) mass is 672 g/mol. The number of benzene rings is 2. The van der Waals surface area contributed by atoms with Crippen LogP contribution in [0.1, 0.15) is 59.6 Å². The Kier molecular flexibility index (Phi) is 14.6. The van der Waals surface area contributed by atoms with Gasteiger partial charge in [0.05, 0.1) is 26.4 Å². The highest BCUT2D eigenvalue weighted by Crippen LogP contribution is 2.44. The lowest BCUT2D eigenvalue weighted by molar-refractivity contribution is -0.143. The van der Waals surface area contributed by atoms with Gasteiger partial charge in [-0.05, 0) is 83.9 Å². The molecule has 13 nitrogen and oxygen atoms in total. The van der Waals surface area contributed by atoms with Gasteiger partial charge in [-0.2, -0.15) is 0 Å². The second-order valence-electron chi connectivity index (χ2n) is 12.4. The second kappa shape index (κ2) is 17.8. The van der Waals surface area contributed by atoms with Crippen molar-refractivity contribution in [1.29, 1.82) is 0 Å². The Morgan fingerprint density at radius 1 is 0.833 bits per heavy atom. The van der Waals surface area contributed by atoms with E-state index in [-0.39, 0.29) is 31.7 Å². The van der Waals surface area contributed by atoms with Gasteiger partial charge in [0.15, 0.2) is 11.5 Å². The molecule has 0 aliphatic rings. The van der Waals surface area contributed by atoms with Gasteiger partial charge in [0.25, 0.3) is 0 Å². The van der Waals surface area contributed by atoms with Crippen molar-refractivity contribution in [3.05, 3.63) is 54.1 Å². The maximum atomic E-state index is 12.7. The quantitative estimate of drug-likeness (QED) is 0.118. The third-order valence-electron chi connectivity index (χ3n) is 6.36. The number of carboxylic acid groups (broad SMARTS) is 1. The fourth-order valence-electron chi connectivity index (χ4n) is 4.54. The Bertz CT molecular complexity index is 1450. The number of carbonyl (C=O) groups excluding carboxylic acids is 3. The van der Waals surface area contributed by atoms with Crippen LogP contribution in [0.3, 0.4) is 0 Å². The van der Waals surface area contributed by atoms with Gasteiger partial charge >= 0.3 is 24.1 Å². The van der Waals surface area contributed by atoms with E-state index in [0.717, 1.165) is 0 Å². The molecule has 2 atom stereocenters. The van der Waals surface area contributed by atoms with Crippen LogP contribution in [0.4, 0.5) is 9.59 Å². The maximum absolute atomic E-state index is 12.7. The van der Waals surface area contributed by atoms with Crippen LogP contribution in [0.15, 0.2) is 43.0 Å². The molecule has 0 unspecified atom stereocenters. The molecule has 2 rings (SSSR count). The number of amides is 2. The van der Waals surface area contributed by atoms with E-state index in [9.17, 15) is 24.3 Å². The highest BCUT2D eigenvalue weighted by Gasteiger charge is 2.28. The first kappa shape index (κ1) is 39.2. The van der Waals surface area contributed by atoms with Gasteiger partial charge in [0.1, 0.15) is 30.0 Å². The first-order valence-electron chi connectivity index (χ1n) is 15.5. The highest BCUT2D eigenvalue weighted by atomic mass is 16.6. The Hall–Kier alpha value is -4.94. The molecule has 2 amide bonds. The maximum Gasteiger partial charge on any atom is 0.408 e. The van der Waals surface area contributed by atoms with Crippen LogP contribution in [0, 0.1) is 0 Å². The zero-order valence-electron chi connectivity index (χ0n) is 29.1. The molecular formula is C35H48N2O11. The van der Waals surface area contributed by atoms with E-state index in [1.165, 1.54) is 20.3 Å². The van der Waals surface area contributed by atoms with Gasteiger partial charge in [0, 0.05) is 24.0 Å². The van der Waals surface area contributed by atoms with Crippen molar-refractivity contribution in [2.45, 2.75) is 91.2 Å². The Morgan fingerprint density at radius 2 is 1.44 bits per heavy atom. The molecule has 0 radical (unpaired) electrons. The number of hydrogen-bond acceptors (Lipinski definition) is 10. The lowest BCUT2D eigenvalue weighted by atomic mass is 9.94. The number of methoxy groups -OCH3 is 2. The van der Waals surface area contributed by atoms with E-state index in [0.29, 0.717) is 39.5 Å². The van der Waals surface area contributed by atoms with Crippen LogP contribution >= 0.6 is 0 Å². The molecular weight excluding hydrogens is 624 g/mol. The first-order valence-corrected chi connectivity index (χ1v) is 15.5. The predicted octanol–water partition coefficient (Wildman–Crippen LogP) is 5.45. The number of alkyl carbamates (subject to hydrolysis) is 2. The molecule has 3 N–H and O–H groups in total. The van der Waals surface area contributed by atoms with Gasteiger partial charge in [-0.3, -0.25) is 0 Å². The van der Waals surface area contributed by atoms with Crippen molar-refractivity contribution < 1.29 is 52.7 Å². The molecule has 0 saturated carbocycles. The molecule has 2 aromatic rings. The summed E-state index contributed by atoms with van der Waals surface area (Å²) in [6.07, 6.45) is -0.976. The van der Waals surface area contributed by atoms with Crippen LogP contribution in [0.2, 0.25) is 0 Å². The fraction of sp³-hybridized carbons (Fsp3) is 0.486. The number of aliphatic carboxylic acids is 1. The summed E-state index contributed by atoms with van der Waals surface area (Å²) in [7, 11) is 2.72. The molecule has 48 heavy (non-hydrogen) atoms. The van der Waals surface area contributed by atoms with Gasteiger partial charge in [-0.1, -0.05) is 18.7 Å². The molecule has 0 aliphatic heterocycles. The highest BCUT2D eigenvalue weighted by molar-refractivity contribution is 5.84. The molecule has 0 spiro atoms. The van der Waals surface area contributed by atoms with Crippen LogP contribution in [0.25, 0.3) is 11.1 Å². The molecule has 0 heterocycles. The Balaban J connectivity index is 2.73. The van der Waals surface area contributed by atoms with Crippen molar-refractivity contribution in [2.24, 2.45) is 0 Å². The molecule has 0 fully saturated rings. The standard InChI is InChI=1S/C35H48N2O11/c1-11-14-45-33(41)36-26(31(38)39)18-23-16-25(30(47-21(4)5)29(19-23)46-20(2)3)24-15-22(12-13-28(24)43-9)17-27(32(40)44-10)37-34(42)48-35(6,7)8/h11-13,15-16,19-21,26-27H,1,14,17-18H2,2-10H3,(H,36,41)(H,37,42)(H,38,39)/t26-,27-/m0/s1. The fourth-order valence-corrected chi connectivity index (χ4v) is 4.54. The van der Waals surface area contributed by atoms with Crippen molar-refractivity contribution in [1.82, 2.24) is 10.6 Å². The zero-order valence-corrected chi connectivity index (χ0v) is 29.1. The van der Waals surface area contributed by atoms with E-state index in [4.69, 9.17) is 28.4 Å². The van der Waals surface area contributed by atoms with Crippen LogP contribution in [-0.2, 0) is 36.6 Å². The van der Waals surface area contributed by atoms with Crippen LogP contribution < -0.4 is 24.8 Å². The summed E-state index contributed by atoms with van der Waals surface area (Å²) in [5.41, 5.74) is 1.38. The van der Waals surface area contributed by atoms with Crippen LogP contribution in [0.5, 0.6) is 17.2 Å². The first-order chi connectivity index (χ1) is 22.5. The number of esters is 1. The van der Waals surface area contributed by atoms with Crippen molar-refractivity contribution >= 4 is 24.1 Å². The van der Waals surface area contributed by atoms with Gasteiger partial charge in [0.2, 0.25) is 0 Å². The van der Waals surface area contributed by atoms with Gasteiger partial charge in [-0.15, -0.1) is 0 Å². The molecule has 264 valence electrons. The minimum Gasteiger partial charge on any atom is -0.496 e. The Labute approximate surface area is 281 Å². The summed E-state index contributed by atoms with van der Waals surface area (Å²) >= 11 is 0. The average Bonchev–Trinajstić information content (AvgIpc) is 2.98. The molecule has 2 aromatic carbocycles. The number of carboxylic acids is 1. The smallest absolute Gasteiger partial charge is 0.408 e. The largest absolute Gasteiger partial charge is 0.496 e. The third-order valence-corrected chi connectivity index (χ3v) is 6.36. The minimum atomic E-state index is -1.34. The van der Waals surface area contributed by atoms with E-state index < -0.39 is 41.8 Å². The molecule has 13 heteroatoms. The van der Waals surface area contributed by atoms with E-state index in [1.807, 2.05) is 27.7 Å². The normalized spacial score (nSPS) is 12.4. The summed E-state index contributed by atoms with van der Waals surface area (Å²) in [6, 6.07) is 6.21. The third kappa shape index (κ3) is 12.3. The van der Waals surface area contributed by atoms with E-state index in [2.05, 4.69) is 17.2 Å². The van der Waals surface area contributed by atoms with Crippen molar-refractivity contribution in [3.63, 3.8) is 0 Å². The second-order valence-corrected chi connectivity index (χ2v) is 12.4. The van der Waals surface area contributed by atoms with E-state index >= 15 is 0 Å². The van der Waals surface area contributed by atoms with Gasteiger partial charge in [-0.25, -0.2) is 19.2 Å². The molecule has 0 bridgehead atoms. The predicted molar refractivity (Wildman–Crippen MR) is 179 cm³/mol. The average molecular weight is 673 g/mol. The lowest BCUT2D eigenvalue weighted by Gasteiger charge is -2.24.